The Bertz CT molecular complexity index is 171. The van der Waals surface area contributed by atoms with E-state index in [2.05, 4.69) is 27.7 Å². The molecule has 64 valence electrons. The summed E-state index contributed by atoms with van der Waals surface area (Å²) in [6.45, 7) is 9.72. The molecular formula is C11H20. The third kappa shape index (κ3) is 0.711. The lowest BCUT2D eigenvalue weighted by atomic mass is 9.88. The topological polar surface area (TPSA) is 0 Å². The molecule has 0 aromatic heterocycles. The van der Waals surface area contributed by atoms with E-state index in [9.17, 15) is 0 Å². The van der Waals surface area contributed by atoms with Gasteiger partial charge in [-0.15, -0.1) is 0 Å². The maximum absolute atomic E-state index is 2.46. The summed E-state index contributed by atoms with van der Waals surface area (Å²) >= 11 is 0. The fourth-order valence-corrected chi connectivity index (χ4v) is 3.97. The van der Waals surface area contributed by atoms with Crippen LogP contribution in [0.3, 0.4) is 0 Å². The van der Waals surface area contributed by atoms with Gasteiger partial charge < -0.3 is 0 Å². The normalized spacial score (nSPS) is 54.8. The summed E-state index contributed by atoms with van der Waals surface area (Å²) in [4.78, 5) is 0. The van der Waals surface area contributed by atoms with Crippen LogP contribution < -0.4 is 0 Å². The predicted octanol–water partition coefficient (Wildman–Crippen LogP) is 3.32. The molecule has 0 saturated heterocycles. The largest absolute Gasteiger partial charge is 0.0622 e. The summed E-state index contributed by atoms with van der Waals surface area (Å²) in [6.07, 6.45) is 3.00. The molecule has 0 radical (unpaired) electrons. The SMILES string of the molecule is CC(C)[C@]12CC[C@H](C)C1C2C. The first-order chi connectivity index (χ1) is 5.10. The lowest BCUT2D eigenvalue weighted by Gasteiger charge is -2.17. The number of hydrogen-bond acceptors (Lipinski definition) is 0. The van der Waals surface area contributed by atoms with Gasteiger partial charge in [0.15, 0.2) is 0 Å². The summed E-state index contributed by atoms with van der Waals surface area (Å²) in [6, 6.07) is 0. The Labute approximate surface area is 70.4 Å². The van der Waals surface area contributed by atoms with Crippen molar-refractivity contribution >= 4 is 0 Å². The van der Waals surface area contributed by atoms with Gasteiger partial charge in [-0.2, -0.15) is 0 Å². The highest BCUT2D eigenvalue weighted by molar-refractivity contribution is 5.15. The van der Waals surface area contributed by atoms with Crippen LogP contribution in [0.2, 0.25) is 0 Å². The molecule has 0 spiro atoms. The molecule has 11 heavy (non-hydrogen) atoms. The van der Waals surface area contributed by atoms with Crippen molar-refractivity contribution in [2.75, 3.05) is 0 Å². The Hall–Kier alpha value is 0. The van der Waals surface area contributed by atoms with Gasteiger partial charge in [0.1, 0.15) is 0 Å². The summed E-state index contributed by atoms with van der Waals surface area (Å²) in [7, 11) is 0. The highest BCUT2D eigenvalue weighted by atomic mass is 14.7. The molecule has 2 aliphatic rings. The van der Waals surface area contributed by atoms with Crippen molar-refractivity contribution in [3.8, 4) is 0 Å². The van der Waals surface area contributed by atoms with Gasteiger partial charge in [-0.05, 0) is 41.9 Å². The fourth-order valence-electron chi connectivity index (χ4n) is 3.97. The van der Waals surface area contributed by atoms with E-state index in [1.807, 2.05) is 0 Å². The van der Waals surface area contributed by atoms with Crippen LogP contribution in [0.25, 0.3) is 0 Å². The van der Waals surface area contributed by atoms with Gasteiger partial charge in [0.25, 0.3) is 0 Å². The monoisotopic (exact) mass is 152 g/mol. The minimum absolute atomic E-state index is 0.791. The van der Waals surface area contributed by atoms with Gasteiger partial charge >= 0.3 is 0 Å². The fraction of sp³-hybridized carbons (Fsp3) is 1.00. The average Bonchev–Trinajstić information content (AvgIpc) is 2.32. The Morgan fingerprint density at radius 2 is 1.91 bits per heavy atom. The lowest BCUT2D eigenvalue weighted by molar-refractivity contribution is 0.317. The molecule has 0 heterocycles. The zero-order valence-electron chi connectivity index (χ0n) is 8.22. The summed E-state index contributed by atoms with van der Waals surface area (Å²) in [5.74, 6) is 4.06. The van der Waals surface area contributed by atoms with E-state index in [4.69, 9.17) is 0 Å². The van der Waals surface area contributed by atoms with Gasteiger partial charge in [0, 0.05) is 0 Å². The van der Waals surface area contributed by atoms with E-state index in [1.165, 1.54) is 12.8 Å². The molecule has 2 unspecified atom stereocenters. The molecule has 0 aromatic rings. The first-order valence-electron chi connectivity index (χ1n) is 5.10. The maximum atomic E-state index is 2.46. The van der Waals surface area contributed by atoms with Gasteiger partial charge in [0.05, 0.1) is 0 Å². The van der Waals surface area contributed by atoms with Gasteiger partial charge in [-0.3, -0.25) is 0 Å². The molecule has 0 N–H and O–H groups in total. The zero-order valence-corrected chi connectivity index (χ0v) is 8.22. The number of rotatable bonds is 1. The van der Waals surface area contributed by atoms with Crippen molar-refractivity contribution in [1.82, 2.24) is 0 Å². The molecular weight excluding hydrogens is 132 g/mol. The maximum Gasteiger partial charge on any atom is -0.0212 e. The average molecular weight is 152 g/mol. The molecule has 0 amide bonds. The van der Waals surface area contributed by atoms with Crippen molar-refractivity contribution in [2.45, 2.75) is 40.5 Å². The summed E-state index contributed by atoms with van der Waals surface area (Å²) in [5.41, 5.74) is 0.791. The second-order valence-corrected chi connectivity index (χ2v) is 5.10. The molecule has 2 saturated carbocycles. The van der Waals surface area contributed by atoms with Crippen LogP contribution >= 0.6 is 0 Å². The molecule has 0 aliphatic heterocycles. The minimum atomic E-state index is 0.791. The molecule has 2 aliphatic carbocycles. The van der Waals surface area contributed by atoms with Crippen molar-refractivity contribution in [3.05, 3.63) is 0 Å². The minimum Gasteiger partial charge on any atom is -0.0622 e. The Morgan fingerprint density at radius 1 is 1.27 bits per heavy atom. The van der Waals surface area contributed by atoms with Crippen molar-refractivity contribution in [1.29, 1.82) is 0 Å². The highest BCUT2D eigenvalue weighted by Crippen LogP contribution is 2.73. The third-order valence-electron chi connectivity index (χ3n) is 4.62. The van der Waals surface area contributed by atoms with Crippen LogP contribution in [0.1, 0.15) is 40.5 Å². The van der Waals surface area contributed by atoms with E-state index in [1.54, 1.807) is 0 Å². The Balaban J connectivity index is 2.18. The molecule has 0 heteroatoms. The van der Waals surface area contributed by atoms with Gasteiger partial charge in [0.2, 0.25) is 0 Å². The van der Waals surface area contributed by atoms with Crippen molar-refractivity contribution in [3.63, 3.8) is 0 Å². The number of hydrogen-bond donors (Lipinski definition) is 0. The summed E-state index contributed by atoms with van der Waals surface area (Å²) < 4.78 is 0. The molecule has 0 aromatic carbocycles. The molecule has 2 fully saturated rings. The van der Waals surface area contributed by atoms with Crippen LogP contribution in [0.5, 0.6) is 0 Å². The van der Waals surface area contributed by atoms with E-state index >= 15 is 0 Å². The summed E-state index contributed by atoms with van der Waals surface area (Å²) in [5, 5.41) is 0. The Kier molecular flexibility index (Phi) is 1.41. The first kappa shape index (κ1) is 7.64. The molecule has 0 bridgehead atoms. The second-order valence-electron chi connectivity index (χ2n) is 5.10. The third-order valence-corrected chi connectivity index (χ3v) is 4.62. The van der Waals surface area contributed by atoms with E-state index in [0.717, 1.165) is 29.1 Å². The van der Waals surface area contributed by atoms with Crippen molar-refractivity contribution in [2.24, 2.45) is 29.1 Å². The van der Waals surface area contributed by atoms with Crippen LogP contribution in [0.15, 0.2) is 0 Å². The van der Waals surface area contributed by atoms with Gasteiger partial charge in [-0.1, -0.05) is 27.7 Å². The van der Waals surface area contributed by atoms with E-state index in [-0.39, 0.29) is 0 Å². The lowest BCUT2D eigenvalue weighted by Crippen LogP contribution is -2.10. The van der Waals surface area contributed by atoms with Crippen LogP contribution in [0, 0.1) is 29.1 Å². The smallest absolute Gasteiger partial charge is 0.0212 e. The van der Waals surface area contributed by atoms with E-state index in [0.29, 0.717) is 0 Å². The number of fused-ring (bicyclic) bond motifs is 1. The first-order valence-corrected chi connectivity index (χ1v) is 5.10. The molecule has 2 rings (SSSR count). The molecule has 0 nitrogen and oxygen atoms in total. The quantitative estimate of drug-likeness (QED) is 0.540. The second kappa shape index (κ2) is 2.02. The molecule has 4 atom stereocenters. The van der Waals surface area contributed by atoms with Crippen LogP contribution in [-0.4, -0.2) is 0 Å². The Morgan fingerprint density at radius 3 is 2.18 bits per heavy atom. The van der Waals surface area contributed by atoms with E-state index < -0.39 is 0 Å². The predicted molar refractivity (Wildman–Crippen MR) is 48.3 cm³/mol. The highest BCUT2D eigenvalue weighted by Gasteiger charge is 2.67. The van der Waals surface area contributed by atoms with Crippen molar-refractivity contribution < 1.29 is 0 Å². The zero-order chi connectivity index (χ0) is 8.22. The van der Waals surface area contributed by atoms with Crippen LogP contribution in [0.4, 0.5) is 0 Å². The van der Waals surface area contributed by atoms with Crippen LogP contribution in [-0.2, 0) is 0 Å². The van der Waals surface area contributed by atoms with Gasteiger partial charge in [-0.25, -0.2) is 0 Å². The standard InChI is InChI=1S/C11H20/c1-7(2)11-6-5-8(3)10(11)9(11)4/h7-10H,5-6H2,1-4H3/t8-,9?,10?,11-/m0/s1.